The zero-order chi connectivity index (χ0) is 16.7. The minimum atomic E-state index is -0.474. The van der Waals surface area contributed by atoms with Gasteiger partial charge in [-0.05, 0) is 48.7 Å². The number of cyclic esters (lactones) is 1. The average molecular weight is 323 g/mol. The summed E-state index contributed by atoms with van der Waals surface area (Å²) in [4.78, 5) is 16.3. The van der Waals surface area contributed by atoms with Gasteiger partial charge >= 0.3 is 5.97 Å². The Hall–Kier alpha value is -2.82. The fraction of sp³-hybridized carbons (Fsp3) is 0.263. The molecule has 1 aromatic heterocycles. The molecule has 0 N–H and O–H groups in total. The molecule has 1 aliphatic carbocycles. The lowest BCUT2D eigenvalue weighted by molar-refractivity contribution is -0.129. The van der Waals surface area contributed by atoms with E-state index in [1.54, 1.807) is 37.5 Å². The van der Waals surface area contributed by atoms with Crippen molar-refractivity contribution >= 4 is 17.9 Å². The van der Waals surface area contributed by atoms with Gasteiger partial charge < -0.3 is 13.9 Å². The molecular formula is C19H17NO4. The van der Waals surface area contributed by atoms with Gasteiger partial charge in [-0.3, -0.25) is 0 Å². The quantitative estimate of drug-likeness (QED) is 0.635. The number of aliphatic imine (C=N–C) groups is 1. The molecule has 1 aliphatic heterocycles. The summed E-state index contributed by atoms with van der Waals surface area (Å²) < 4.78 is 16.2. The Morgan fingerprint density at radius 2 is 1.96 bits per heavy atom. The van der Waals surface area contributed by atoms with E-state index in [2.05, 4.69) is 11.9 Å². The Morgan fingerprint density at radius 1 is 1.21 bits per heavy atom. The first kappa shape index (κ1) is 14.8. The maximum Gasteiger partial charge on any atom is 0.363 e. The SMILES string of the molecule is COc1ccc(C2=N/C(=C/c3ccc([C@@H]4C[C@@H]4C)o3)C(=O)O2)cc1. The number of hydrogen-bond donors (Lipinski definition) is 0. The highest BCUT2D eigenvalue weighted by Gasteiger charge is 2.36. The van der Waals surface area contributed by atoms with Gasteiger partial charge in [0.15, 0.2) is 5.70 Å². The largest absolute Gasteiger partial charge is 0.497 e. The summed E-state index contributed by atoms with van der Waals surface area (Å²) in [6.45, 7) is 2.20. The summed E-state index contributed by atoms with van der Waals surface area (Å²) in [5, 5.41) is 0. The third kappa shape index (κ3) is 2.73. The lowest BCUT2D eigenvalue weighted by atomic mass is 10.2. The molecule has 1 saturated carbocycles. The Morgan fingerprint density at radius 3 is 2.62 bits per heavy atom. The van der Waals surface area contributed by atoms with E-state index in [0.29, 0.717) is 17.6 Å². The number of hydrogen-bond acceptors (Lipinski definition) is 5. The molecule has 0 saturated heterocycles. The standard InChI is InChI=1S/C19H17NO4/c1-11-9-15(11)17-8-7-14(23-17)10-16-19(21)24-18(20-16)12-3-5-13(22-2)6-4-12/h3-8,10-11,15H,9H2,1-2H3/b16-10+/t11-,15+/m0/s1. The molecule has 2 atom stereocenters. The molecule has 2 aliphatic rings. The Labute approximate surface area is 139 Å². The van der Waals surface area contributed by atoms with Crippen LogP contribution in [0.3, 0.4) is 0 Å². The fourth-order valence-corrected chi connectivity index (χ4v) is 2.76. The molecule has 0 radical (unpaired) electrons. The lowest BCUT2D eigenvalue weighted by Gasteiger charge is -2.01. The monoisotopic (exact) mass is 323 g/mol. The van der Waals surface area contributed by atoms with Crippen molar-refractivity contribution in [2.45, 2.75) is 19.3 Å². The van der Waals surface area contributed by atoms with Crippen molar-refractivity contribution < 1.29 is 18.7 Å². The zero-order valence-corrected chi connectivity index (χ0v) is 13.5. The molecule has 2 heterocycles. The second-order valence-corrected chi connectivity index (χ2v) is 6.12. The molecule has 0 bridgehead atoms. The van der Waals surface area contributed by atoms with Gasteiger partial charge in [-0.15, -0.1) is 0 Å². The molecule has 0 unspecified atom stereocenters. The van der Waals surface area contributed by atoms with Gasteiger partial charge in [0.25, 0.3) is 0 Å². The lowest BCUT2D eigenvalue weighted by Crippen LogP contribution is -2.05. The van der Waals surface area contributed by atoms with Gasteiger partial charge in [-0.25, -0.2) is 9.79 Å². The minimum absolute atomic E-state index is 0.241. The van der Waals surface area contributed by atoms with E-state index in [1.165, 1.54) is 0 Å². The van der Waals surface area contributed by atoms with Crippen LogP contribution in [0.4, 0.5) is 0 Å². The first-order valence-electron chi connectivity index (χ1n) is 7.91. The highest BCUT2D eigenvalue weighted by molar-refractivity contribution is 6.12. The molecule has 5 nitrogen and oxygen atoms in total. The van der Waals surface area contributed by atoms with E-state index in [0.717, 1.165) is 23.5 Å². The van der Waals surface area contributed by atoms with Gasteiger partial charge in [0.2, 0.25) is 5.90 Å². The van der Waals surface area contributed by atoms with E-state index < -0.39 is 5.97 Å². The maximum absolute atomic E-state index is 12.0. The van der Waals surface area contributed by atoms with E-state index in [9.17, 15) is 4.79 Å². The first-order valence-corrected chi connectivity index (χ1v) is 7.91. The van der Waals surface area contributed by atoms with Crippen molar-refractivity contribution in [3.8, 4) is 5.75 Å². The normalized spacial score (nSPS) is 24.0. The van der Waals surface area contributed by atoms with E-state index in [-0.39, 0.29) is 11.6 Å². The highest BCUT2D eigenvalue weighted by atomic mass is 16.6. The second kappa shape index (κ2) is 5.67. The summed E-state index contributed by atoms with van der Waals surface area (Å²) in [6.07, 6.45) is 2.78. The number of carbonyl (C=O) groups excluding carboxylic acids is 1. The topological polar surface area (TPSA) is 61.0 Å². The van der Waals surface area contributed by atoms with Crippen LogP contribution in [0.25, 0.3) is 6.08 Å². The molecule has 0 amide bonds. The zero-order valence-electron chi connectivity index (χ0n) is 13.5. The number of esters is 1. The molecule has 5 heteroatoms. The number of rotatable bonds is 4. The van der Waals surface area contributed by atoms with Crippen molar-refractivity contribution in [2.75, 3.05) is 7.11 Å². The van der Waals surface area contributed by atoms with Crippen LogP contribution in [-0.2, 0) is 9.53 Å². The number of carbonyl (C=O) groups is 1. The van der Waals surface area contributed by atoms with Crippen molar-refractivity contribution in [3.05, 3.63) is 59.2 Å². The summed E-state index contributed by atoms with van der Waals surface area (Å²) in [5.74, 6) is 3.32. The number of benzene rings is 1. The van der Waals surface area contributed by atoms with Gasteiger partial charge in [0.05, 0.1) is 7.11 Å². The number of nitrogens with zero attached hydrogens (tertiary/aromatic N) is 1. The first-order chi connectivity index (χ1) is 11.6. The Bertz CT molecular complexity index is 845. The molecule has 0 spiro atoms. The van der Waals surface area contributed by atoms with Gasteiger partial charge in [0.1, 0.15) is 17.3 Å². The molecule has 24 heavy (non-hydrogen) atoms. The number of furan rings is 1. The smallest absolute Gasteiger partial charge is 0.363 e. The van der Waals surface area contributed by atoms with Crippen LogP contribution in [-0.4, -0.2) is 19.0 Å². The van der Waals surface area contributed by atoms with Crippen LogP contribution in [0.5, 0.6) is 5.75 Å². The molecule has 122 valence electrons. The van der Waals surface area contributed by atoms with Crippen LogP contribution >= 0.6 is 0 Å². The third-order valence-electron chi connectivity index (χ3n) is 4.36. The van der Waals surface area contributed by atoms with E-state index in [4.69, 9.17) is 13.9 Å². The van der Waals surface area contributed by atoms with Crippen molar-refractivity contribution in [1.29, 1.82) is 0 Å². The fourth-order valence-electron chi connectivity index (χ4n) is 2.76. The van der Waals surface area contributed by atoms with Crippen LogP contribution in [0.15, 0.2) is 51.5 Å². The summed E-state index contributed by atoms with van der Waals surface area (Å²) in [5.41, 5.74) is 0.963. The predicted molar refractivity (Wildman–Crippen MR) is 88.8 cm³/mol. The van der Waals surface area contributed by atoms with E-state index in [1.807, 2.05) is 12.1 Å². The predicted octanol–water partition coefficient (Wildman–Crippen LogP) is 3.76. The average Bonchev–Trinajstić information content (AvgIpc) is 2.98. The van der Waals surface area contributed by atoms with E-state index >= 15 is 0 Å². The highest BCUT2D eigenvalue weighted by Crippen LogP contribution is 2.47. The third-order valence-corrected chi connectivity index (χ3v) is 4.36. The molecular weight excluding hydrogens is 306 g/mol. The van der Waals surface area contributed by atoms with Crippen molar-refractivity contribution in [2.24, 2.45) is 10.9 Å². The minimum Gasteiger partial charge on any atom is -0.497 e. The molecule has 4 rings (SSSR count). The van der Waals surface area contributed by atoms with Crippen LogP contribution in [0, 0.1) is 5.92 Å². The number of ether oxygens (including phenoxy) is 2. The van der Waals surface area contributed by atoms with Crippen LogP contribution < -0.4 is 4.74 Å². The number of methoxy groups -OCH3 is 1. The molecule has 2 aromatic rings. The Kier molecular flexibility index (Phi) is 3.49. The van der Waals surface area contributed by atoms with Crippen molar-refractivity contribution in [1.82, 2.24) is 0 Å². The van der Waals surface area contributed by atoms with Gasteiger partial charge in [0, 0.05) is 17.6 Å². The van der Waals surface area contributed by atoms with Crippen LogP contribution in [0.2, 0.25) is 0 Å². The summed E-state index contributed by atoms with van der Waals surface area (Å²) in [7, 11) is 1.60. The van der Waals surface area contributed by atoms with Gasteiger partial charge in [-0.2, -0.15) is 0 Å². The summed E-state index contributed by atoms with van der Waals surface area (Å²) >= 11 is 0. The molecule has 1 aromatic carbocycles. The van der Waals surface area contributed by atoms with Crippen LogP contribution in [0.1, 0.15) is 36.3 Å². The second-order valence-electron chi connectivity index (χ2n) is 6.12. The Balaban J connectivity index is 1.57. The maximum atomic E-state index is 12.0. The summed E-state index contributed by atoms with van der Waals surface area (Å²) in [6, 6.07) is 11.0. The van der Waals surface area contributed by atoms with Crippen molar-refractivity contribution in [3.63, 3.8) is 0 Å². The van der Waals surface area contributed by atoms with Gasteiger partial charge in [-0.1, -0.05) is 6.92 Å². The molecule has 1 fully saturated rings.